The van der Waals surface area contributed by atoms with Crippen molar-refractivity contribution in [2.45, 2.75) is 73.6 Å². The van der Waals surface area contributed by atoms with Gasteiger partial charge in [-0.3, -0.25) is 9.98 Å². The molecule has 0 amide bonds. The molecule has 28 heavy (non-hydrogen) atoms. The Morgan fingerprint density at radius 2 is 1.54 bits per heavy atom. The van der Waals surface area contributed by atoms with Gasteiger partial charge in [0.1, 0.15) is 0 Å². The predicted octanol–water partition coefficient (Wildman–Crippen LogP) is 7.92. The third-order valence-electron chi connectivity index (χ3n) is 4.27. The normalized spacial score (nSPS) is 11.7. The van der Waals surface area contributed by atoms with Crippen molar-refractivity contribution < 1.29 is 2.85 Å². The topological polar surface area (TPSA) is 25.2 Å². The highest BCUT2D eigenvalue weighted by Crippen LogP contribution is 2.15. The lowest BCUT2D eigenvalue weighted by Crippen LogP contribution is -2.01. The molecule has 3 rings (SSSR count). The lowest BCUT2D eigenvalue weighted by atomic mass is 10.0. The highest BCUT2D eigenvalue weighted by Gasteiger charge is 2.05. The minimum Gasteiger partial charge on any atom is -0.296 e. The molecule has 0 saturated heterocycles. The number of nitrogens with zero attached hydrogens (tertiary/aromatic N) is 2. The molecule has 2 nitrogen and oxygen atoms in total. The van der Waals surface area contributed by atoms with Crippen LogP contribution in [0.15, 0.2) is 48.0 Å². The number of benzene rings is 1. The molecule has 158 valence electrons. The van der Waals surface area contributed by atoms with Gasteiger partial charge in [0.2, 0.25) is 0 Å². The quantitative estimate of drug-likeness (QED) is 0.390. The fourth-order valence-corrected chi connectivity index (χ4v) is 2.50. The molecule has 0 radical (unpaired) electrons. The maximum absolute atomic E-state index is 4.68. The van der Waals surface area contributed by atoms with Gasteiger partial charge in [0.25, 0.3) is 0 Å². The molecule has 1 aliphatic carbocycles. The van der Waals surface area contributed by atoms with Gasteiger partial charge in [-0.2, -0.15) is 0 Å². The van der Waals surface area contributed by atoms with Crippen molar-refractivity contribution >= 4 is 6.21 Å². The van der Waals surface area contributed by atoms with E-state index in [1.165, 1.54) is 42.4 Å². The third kappa shape index (κ3) is 10.2. The van der Waals surface area contributed by atoms with Crippen LogP contribution in [-0.4, -0.2) is 18.2 Å². The summed E-state index contributed by atoms with van der Waals surface area (Å²) in [5.74, 6) is 0. The van der Waals surface area contributed by atoms with Crippen LogP contribution in [0.2, 0.25) is 0 Å². The Balaban J connectivity index is -0.000000562. The van der Waals surface area contributed by atoms with Crippen LogP contribution in [-0.2, 0) is 6.42 Å². The molecule has 0 N–H and O–H groups in total. The minimum absolute atomic E-state index is 0. The molecule has 0 spiro atoms. The van der Waals surface area contributed by atoms with Crippen LogP contribution in [0, 0.1) is 20.8 Å². The zero-order chi connectivity index (χ0) is 21.4. The van der Waals surface area contributed by atoms with Crippen molar-refractivity contribution in [1.29, 1.82) is 0 Å². The molecular formula is C26H44N2. The molecular weight excluding hydrogens is 340 g/mol. The zero-order valence-corrected chi connectivity index (χ0v) is 19.2. The summed E-state index contributed by atoms with van der Waals surface area (Å²) < 4.78 is 0. The second kappa shape index (κ2) is 15.8. The third-order valence-corrected chi connectivity index (χ3v) is 4.27. The van der Waals surface area contributed by atoms with E-state index in [1.807, 2.05) is 33.9 Å². The summed E-state index contributed by atoms with van der Waals surface area (Å²) in [5.41, 5.74) is 7.13. The Hall–Kier alpha value is -2.22. The van der Waals surface area contributed by atoms with Crippen LogP contribution in [0.1, 0.15) is 82.9 Å². The molecule has 0 aliphatic heterocycles. The Kier molecular flexibility index (Phi) is 14.5. The number of hydrogen-bond donors (Lipinski definition) is 0. The van der Waals surface area contributed by atoms with Crippen molar-refractivity contribution in [1.82, 2.24) is 4.98 Å². The van der Waals surface area contributed by atoms with Gasteiger partial charge >= 0.3 is 0 Å². The van der Waals surface area contributed by atoms with E-state index in [2.05, 4.69) is 60.7 Å². The average Bonchev–Trinajstić information content (AvgIpc) is 2.61. The zero-order valence-electron chi connectivity index (χ0n) is 19.2. The predicted molar refractivity (Wildman–Crippen MR) is 131 cm³/mol. The van der Waals surface area contributed by atoms with E-state index < -0.39 is 0 Å². The van der Waals surface area contributed by atoms with E-state index >= 15 is 0 Å². The van der Waals surface area contributed by atoms with Gasteiger partial charge in [-0.1, -0.05) is 75.4 Å². The van der Waals surface area contributed by atoms with Gasteiger partial charge in [-0.15, -0.1) is 6.58 Å². The van der Waals surface area contributed by atoms with Gasteiger partial charge in [0.15, 0.2) is 0 Å². The molecule has 0 atom stereocenters. The van der Waals surface area contributed by atoms with E-state index in [1.54, 1.807) is 13.1 Å². The molecule has 1 aliphatic rings. The number of rotatable bonds is 3. The molecule has 1 saturated carbocycles. The van der Waals surface area contributed by atoms with Crippen molar-refractivity contribution in [3.05, 3.63) is 76.6 Å². The number of aromatic nitrogens is 1. The molecule has 1 fully saturated rings. The molecule has 1 aromatic heterocycles. The number of pyridine rings is 1. The van der Waals surface area contributed by atoms with Gasteiger partial charge in [-0.25, -0.2) is 0 Å². The standard InChI is InChI=1S/C17H20N2.C4H8.C3H6.C2H6.2H2/c1-12-5-7-15(8-6-12)10-16-9-13(2)17(11-18-4)14(3)19-16;1-2-4-3-1;1-3-2;1-2;;/h5-9,11H,10H2,1-4H3;1-4H2;3H,1H2,2H3;1-2H3;2*1H. The van der Waals surface area contributed by atoms with Crippen molar-refractivity contribution in [2.24, 2.45) is 4.99 Å². The molecule has 1 heterocycles. The largest absolute Gasteiger partial charge is 0.296 e. The van der Waals surface area contributed by atoms with E-state index in [-0.39, 0.29) is 2.85 Å². The highest BCUT2D eigenvalue weighted by atomic mass is 14.7. The number of allylic oxidation sites excluding steroid dienone is 1. The summed E-state index contributed by atoms with van der Waals surface area (Å²) in [6, 6.07) is 10.8. The molecule has 2 heteroatoms. The SMILES string of the molecule is C1CCC1.C=CC.CC.CN=Cc1c(C)cc(Cc2ccc(C)cc2)nc1C.[HH].[HH]. The number of aliphatic imine (C=N–C) groups is 1. The highest BCUT2D eigenvalue weighted by molar-refractivity contribution is 5.82. The van der Waals surface area contributed by atoms with E-state index in [4.69, 9.17) is 0 Å². The maximum Gasteiger partial charge on any atom is 0.0466 e. The van der Waals surface area contributed by atoms with Gasteiger partial charge in [0, 0.05) is 39.5 Å². The first-order valence-electron chi connectivity index (χ1n) is 10.5. The summed E-state index contributed by atoms with van der Waals surface area (Å²) in [6.07, 6.45) is 10.5. The van der Waals surface area contributed by atoms with Crippen LogP contribution in [0.3, 0.4) is 0 Å². The van der Waals surface area contributed by atoms with Crippen LogP contribution >= 0.6 is 0 Å². The monoisotopic (exact) mass is 384 g/mol. The first-order chi connectivity index (χ1) is 13.5. The van der Waals surface area contributed by atoms with Crippen LogP contribution in [0.4, 0.5) is 0 Å². The first kappa shape index (κ1) is 25.8. The Bertz CT molecular complexity index is 676. The van der Waals surface area contributed by atoms with E-state index in [9.17, 15) is 0 Å². The lowest BCUT2D eigenvalue weighted by molar-refractivity contribution is 0.504. The Labute approximate surface area is 176 Å². The minimum atomic E-state index is 0. The Morgan fingerprint density at radius 1 is 1.04 bits per heavy atom. The lowest BCUT2D eigenvalue weighted by Gasteiger charge is -2.08. The average molecular weight is 385 g/mol. The fraction of sp³-hybridized carbons (Fsp3) is 0.462. The van der Waals surface area contributed by atoms with Crippen LogP contribution < -0.4 is 0 Å². The molecule has 2 aromatic rings. The summed E-state index contributed by atoms with van der Waals surface area (Å²) >= 11 is 0. The second-order valence-corrected chi connectivity index (χ2v) is 6.80. The summed E-state index contributed by atoms with van der Waals surface area (Å²) in [4.78, 5) is 8.76. The smallest absolute Gasteiger partial charge is 0.0466 e. The first-order valence-corrected chi connectivity index (χ1v) is 10.5. The van der Waals surface area contributed by atoms with Crippen molar-refractivity contribution in [3.63, 3.8) is 0 Å². The number of hydrogen-bond acceptors (Lipinski definition) is 2. The van der Waals surface area contributed by atoms with E-state index in [0.29, 0.717) is 0 Å². The van der Waals surface area contributed by atoms with Gasteiger partial charge in [-0.05, 0) is 44.9 Å². The van der Waals surface area contributed by atoms with Gasteiger partial charge in [0.05, 0.1) is 0 Å². The molecule has 0 unspecified atom stereocenters. The van der Waals surface area contributed by atoms with Crippen molar-refractivity contribution in [3.8, 4) is 0 Å². The maximum atomic E-state index is 4.68. The fourth-order valence-electron chi connectivity index (χ4n) is 2.50. The molecule has 0 bridgehead atoms. The summed E-state index contributed by atoms with van der Waals surface area (Å²) in [5, 5.41) is 0. The van der Waals surface area contributed by atoms with Gasteiger partial charge < -0.3 is 0 Å². The summed E-state index contributed by atoms with van der Waals surface area (Å²) in [6.45, 7) is 15.5. The number of aryl methyl sites for hydroxylation is 3. The summed E-state index contributed by atoms with van der Waals surface area (Å²) in [7, 11) is 1.79. The molecule has 1 aromatic carbocycles. The van der Waals surface area contributed by atoms with Crippen molar-refractivity contribution in [2.75, 3.05) is 7.05 Å². The second-order valence-electron chi connectivity index (χ2n) is 6.80. The van der Waals surface area contributed by atoms with Crippen LogP contribution in [0.5, 0.6) is 0 Å². The Morgan fingerprint density at radius 3 is 1.93 bits per heavy atom. The van der Waals surface area contributed by atoms with Crippen LogP contribution in [0.25, 0.3) is 0 Å². The van der Waals surface area contributed by atoms with E-state index in [0.717, 1.165) is 23.4 Å².